The van der Waals surface area contributed by atoms with E-state index >= 15 is 0 Å². The molecule has 0 saturated heterocycles. The molecule has 0 unspecified atom stereocenters. The first-order chi connectivity index (χ1) is 12.4. The fourth-order valence-electron chi connectivity index (χ4n) is 2.27. The summed E-state index contributed by atoms with van der Waals surface area (Å²) in [6, 6.07) is 10.3. The first-order valence-electron chi connectivity index (χ1n) is 7.76. The zero-order valence-electron chi connectivity index (χ0n) is 13.7. The number of hydrogen-bond acceptors (Lipinski definition) is 4. The van der Waals surface area contributed by atoms with E-state index < -0.39 is 11.0 Å². The smallest absolute Gasteiger partial charge is 0.322 e. The summed E-state index contributed by atoms with van der Waals surface area (Å²) in [5, 5.41) is 23.3. The Hall–Kier alpha value is -2.35. The molecule has 0 fully saturated rings. The molecule has 0 aliphatic rings. The maximum absolute atomic E-state index is 12.6. The lowest BCUT2D eigenvalue weighted by Gasteiger charge is -2.23. The van der Waals surface area contributed by atoms with E-state index in [9.17, 15) is 14.9 Å². The van der Waals surface area contributed by atoms with Crippen LogP contribution in [0.5, 0.6) is 0 Å². The molecular formula is C17H17Cl2N3O4. The number of nitrogens with one attached hydrogen (secondary N) is 1. The maximum atomic E-state index is 12.6. The summed E-state index contributed by atoms with van der Waals surface area (Å²) in [6.07, 6.45) is 0.393. The summed E-state index contributed by atoms with van der Waals surface area (Å²) in [4.78, 5) is 24.4. The van der Waals surface area contributed by atoms with Crippen LogP contribution in [-0.2, 0) is 6.54 Å². The predicted molar refractivity (Wildman–Crippen MR) is 101 cm³/mol. The van der Waals surface area contributed by atoms with Crippen LogP contribution < -0.4 is 5.32 Å². The summed E-state index contributed by atoms with van der Waals surface area (Å²) in [5.41, 5.74) is 0.966. The van der Waals surface area contributed by atoms with Crippen molar-refractivity contribution in [3.05, 3.63) is 68.2 Å². The minimum absolute atomic E-state index is 0.0675. The summed E-state index contributed by atoms with van der Waals surface area (Å²) in [7, 11) is 0. The van der Waals surface area contributed by atoms with E-state index in [1.54, 1.807) is 24.3 Å². The molecule has 2 N–H and O–H groups in total. The third-order valence-corrected chi connectivity index (χ3v) is 4.28. The number of nitrogens with zero attached hydrogens (tertiary/aromatic N) is 2. The van der Waals surface area contributed by atoms with Crippen molar-refractivity contribution in [2.75, 3.05) is 18.5 Å². The third kappa shape index (κ3) is 5.59. The molecule has 2 aromatic carbocycles. The van der Waals surface area contributed by atoms with Crippen molar-refractivity contribution in [2.45, 2.75) is 13.0 Å². The van der Waals surface area contributed by atoms with E-state index in [1.165, 1.54) is 23.1 Å². The Morgan fingerprint density at radius 2 is 1.96 bits per heavy atom. The van der Waals surface area contributed by atoms with Gasteiger partial charge in [-0.25, -0.2) is 4.79 Å². The van der Waals surface area contributed by atoms with Gasteiger partial charge in [0.05, 0.1) is 15.0 Å². The molecule has 7 nitrogen and oxygen atoms in total. The average molecular weight is 398 g/mol. The van der Waals surface area contributed by atoms with Crippen LogP contribution in [0.4, 0.5) is 16.2 Å². The maximum Gasteiger partial charge on any atom is 0.322 e. The van der Waals surface area contributed by atoms with Crippen molar-refractivity contribution in [3.8, 4) is 0 Å². The van der Waals surface area contributed by atoms with Crippen molar-refractivity contribution >= 4 is 40.6 Å². The number of carbonyl (C=O) groups is 1. The van der Waals surface area contributed by atoms with Gasteiger partial charge in [0.1, 0.15) is 0 Å². The number of urea groups is 1. The van der Waals surface area contributed by atoms with Crippen molar-refractivity contribution in [1.82, 2.24) is 4.90 Å². The SMILES string of the molecule is O=C(Nc1cccc([N+](=O)[O-])c1)N(CCCO)Cc1ccc(Cl)c(Cl)c1. The Balaban J connectivity index is 2.14. The molecule has 2 rings (SSSR count). The van der Waals surface area contributed by atoms with E-state index in [2.05, 4.69) is 5.32 Å². The van der Waals surface area contributed by atoms with E-state index in [0.29, 0.717) is 28.7 Å². The molecule has 2 aromatic rings. The van der Waals surface area contributed by atoms with E-state index in [-0.39, 0.29) is 18.8 Å². The number of halogens is 2. The number of hydrogen-bond donors (Lipinski definition) is 2. The molecule has 0 saturated carbocycles. The van der Waals surface area contributed by atoms with Crippen LogP contribution in [0.1, 0.15) is 12.0 Å². The average Bonchev–Trinajstić information content (AvgIpc) is 2.61. The molecule has 2 amide bonds. The van der Waals surface area contributed by atoms with Gasteiger partial charge in [0, 0.05) is 37.5 Å². The zero-order valence-corrected chi connectivity index (χ0v) is 15.2. The third-order valence-electron chi connectivity index (χ3n) is 3.54. The number of non-ortho nitro benzene ring substituents is 1. The minimum atomic E-state index is -0.533. The Kier molecular flexibility index (Phi) is 7.20. The number of anilines is 1. The Morgan fingerprint density at radius 1 is 1.19 bits per heavy atom. The second kappa shape index (κ2) is 9.38. The highest BCUT2D eigenvalue weighted by molar-refractivity contribution is 6.42. The van der Waals surface area contributed by atoms with Crippen LogP contribution in [0.25, 0.3) is 0 Å². The van der Waals surface area contributed by atoms with Gasteiger partial charge in [0.2, 0.25) is 0 Å². The lowest BCUT2D eigenvalue weighted by atomic mass is 10.2. The second-order valence-corrected chi connectivity index (χ2v) is 6.30. The van der Waals surface area contributed by atoms with Gasteiger partial charge in [-0.2, -0.15) is 0 Å². The standard InChI is InChI=1S/C17H17Cl2N3O4/c18-15-6-5-12(9-16(15)19)11-21(7-2-8-23)17(24)20-13-3-1-4-14(10-13)22(25)26/h1,3-6,9-10,23H,2,7-8,11H2,(H,20,24). The minimum Gasteiger partial charge on any atom is -0.396 e. The molecule has 0 heterocycles. The molecule has 0 aliphatic carbocycles. The number of aliphatic hydroxyl groups excluding tert-OH is 1. The van der Waals surface area contributed by atoms with Crippen LogP contribution in [-0.4, -0.2) is 34.1 Å². The van der Waals surface area contributed by atoms with Gasteiger partial charge in [-0.1, -0.05) is 35.3 Å². The molecule has 0 atom stereocenters. The summed E-state index contributed by atoms with van der Waals surface area (Å²) in [6.45, 7) is 0.483. The number of aliphatic hydroxyl groups is 1. The van der Waals surface area contributed by atoms with Gasteiger partial charge in [-0.15, -0.1) is 0 Å². The van der Waals surface area contributed by atoms with Gasteiger partial charge < -0.3 is 15.3 Å². The number of rotatable bonds is 7. The first-order valence-corrected chi connectivity index (χ1v) is 8.51. The Labute approximate surface area is 160 Å². The summed E-state index contributed by atoms with van der Waals surface area (Å²) >= 11 is 11.9. The molecule has 9 heteroatoms. The molecule has 0 spiro atoms. The van der Waals surface area contributed by atoms with Crippen LogP contribution in [0.15, 0.2) is 42.5 Å². The quantitative estimate of drug-likeness (QED) is 0.536. The lowest BCUT2D eigenvalue weighted by molar-refractivity contribution is -0.384. The molecule has 0 aliphatic heterocycles. The molecule has 26 heavy (non-hydrogen) atoms. The van der Waals surface area contributed by atoms with E-state index in [4.69, 9.17) is 28.3 Å². The summed E-state index contributed by atoms with van der Waals surface area (Å²) < 4.78 is 0. The topological polar surface area (TPSA) is 95.7 Å². The zero-order chi connectivity index (χ0) is 19.1. The Morgan fingerprint density at radius 3 is 2.62 bits per heavy atom. The van der Waals surface area contributed by atoms with Gasteiger partial charge in [0.25, 0.3) is 5.69 Å². The van der Waals surface area contributed by atoms with Gasteiger partial charge >= 0.3 is 6.03 Å². The predicted octanol–water partition coefficient (Wildman–Crippen LogP) is 4.32. The monoisotopic (exact) mass is 397 g/mol. The first kappa shape index (κ1) is 20.0. The molecular weight excluding hydrogens is 381 g/mol. The lowest BCUT2D eigenvalue weighted by Crippen LogP contribution is -2.35. The van der Waals surface area contributed by atoms with Gasteiger partial charge in [-0.3, -0.25) is 10.1 Å². The van der Waals surface area contributed by atoms with Crippen LogP contribution in [0, 0.1) is 10.1 Å². The van der Waals surface area contributed by atoms with E-state index in [1.807, 2.05) is 0 Å². The number of carbonyl (C=O) groups excluding carboxylic acids is 1. The molecule has 0 bridgehead atoms. The molecule has 0 aromatic heterocycles. The summed E-state index contributed by atoms with van der Waals surface area (Å²) in [5.74, 6) is 0. The van der Waals surface area contributed by atoms with Crippen LogP contribution >= 0.6 is 23.2 Å². The highest BCUT2D eigenvalue weighted by Gasteiger charge is 2.16. The van der Waals surface area contributed by atoms with Crippen LogP contribution in [0.3, 0.4) is 0 Å². The highest BCUT2D eigenvalue weighted by Crippen LogP contribution is 2.24. The number of nitro groups is 1. The van der Waals surface area contributed by atoms with Gasteiger partial charge in [0.15, 0.2) is 0 Å². The normalized spacial score (nSPS) is 10.4. The van der Waals surface area contributed by atoms with Crippen molar-refractivity contribution in [1.29, 1.82) is 0 Å². The molecule has 138 valence electrons. The second-order valence-electron chi connectivity index (χ2n) is 5.48. The number of amides is 2. The van der Waals surface area contributed by atoms with Crippen LogP contribution in [0.2, 0.25) is 10.0 Å². The Bertz CT molecular complexity index is 801. The largest absolute Gasteiger partial charge is 0.396 e. The fraction of sp³-hybridized carbons (Fsp3) is 0.235. The van der Waals surface area contributed by atoms with Gasteiger partial charge in [-0.05, 0) is 30.2 Å². The number of benzene rings is 2. The van der Waals surface area contributed by atoms with E-state index in [0.717, 1.165) is 5.56 Å². The van der Waals surface area contributed by atoms with Crippen molar-refractivity contribution < 1.29 is 14.8 Å². The number of nitro benzene ring substituents is 1. The fourth-order valence-corrected chi connectivity index (χ4v) is 2.59. The molecule has 0 radical (unpaired) electrons. The highest BCUT2D eigenvalue weighted by atomic mass is 35.5. The van der Waals surface area contributed by atoms with Crippen molar-refractivity contribution in [2.24, 2.45) is 0 Å². The van der Waals surface area contributed by atoms with Crippen molar-refractivity contribution in [3.63, 3.8) is 0 Å².